The van der Waals surface area contributed by atoms with Crippen LogP contribution in [-0.4, -0.2) is 17.6 Å². The Bertz CT molecular complexity index is 535. The lowest BCUT2D eigenvalue weighted by Crippen LogP contribution is -2.39. The number of aromatic nitrogens is 1. The molecule has 1 N–H and O–H groups in total. The molecule has 1 fully saturated rings. The van der Waals surface area contributed by atoms with Crippen LogP contribution in [0.5, 0.6) is 0 Å². The number of piperidine rings is 1. The van der Waals surface area contributed by atoms with Crippen molar-refractivity contribution in [2.24, 2.45) is 5.92 Å². The van der Waals surface area contributed by atoms with Gasteiger partial charge >= 0.3 is 0 Å². The van der Waals surface area contributed by atoms with Crippen LogP contribution >= 0.6 is 11.3 Å². The number of benzene rings is 1. The molecular formula is C17H22N2S. The van der Waals surface area contributed by atoms with Gasteiger partial charge in [-0.05, 0) is 25.3 Å². The van der Waals surface area contributed by atoms with Crippen LogP contribution in [0.15, 0.2) is 35.7 Å². The summed E-state index contributed by atoms with van der Waals surface area (Å²) < 4.78 is 0. The summed E-state index contributed by atoms with van der Waals surface area (Å²) >= 11 is 1.80. The van der Waals surface area contributed by atoms with Crippen LogP contribution < -0.4 is 5.32 Å². The fourth-order valence-corrected chi connectivity index (χ4v) is 3.86. The quantitative estimate of drug-likeness (QED) is 0.914. The summed E-state index contributed by atoms with van der Waals surface area (Å²) in [5.41, 5.74) is 2.34. The molecule has 0 saturated carbocycles. The van der Waals surface area contributed by atoms with Crippen molar-refractivity contribution in [1.29, 1.82) is 0 Å². The molecule has 2 heterocycles. The second kappa shape index (κ2) is 6.51. The molecule has 106 valence electrons. The lowest BCUT2D eigenvalue weighted by atomic mass is 9.89. The number of nitrogens with zero attached hydrogens (tertiary/aromatic N) is 1. The van der Waals surface area contributed by atoms with Gasteiger partial charge in [0.15, 0.2) is 0 Å². The Labute approximate surface area is 125 Å². The van der Waals surface area contributed by atoms with Crippen LogP contribution in [0.1, 0.15) is 31.2 Å². The molecule has 0 amide bonds. The van der Waals surface area contributed by atoms with Crippen molar-refractivity contribution in [2.75, 3.05) is 6.54 Å². The van der Waals surface area contributed by atoms with Crippen molar-refractivity contribution in [3.8, 4) is 11.3 Å². The van der Waals surface area contributed by atoms with Gasteiger partial charge in [-0.15, -0.1) is 11.3 Å². The second-order valence-corrected chi connectivity index (χ2v) is 6.59. The summed E-state index contributed by atoms with van der Waals surface area (Å²) in [5.74, 6) is 0.898. The standard InChI is InChI=1S/C17H22N2S/c1-2-13-8-9-18-15(10-13)11-17-19-16(12-20-17)14-6-4-3-5-7-14/h3-7,12-13,15,18H,2,8-11H2,1H3. The van der Waals surface area contributed by atoms with E-state index in [4.69, 9.17) is 4.98 Å². The average Bonchev–Trinajstić information content (AvgIpc) is 2.97. The molecule has 20 heavy (non-hydrogen) atoms. The number of nitrogens with one attached hydrogen (secondary N) is 1. The minimum atomic E-state index is 0.614. The van der Waals surface area contributed by atoms with Gasteiger partial charge in [-0.2, -0.15) is 0 Å². The Morgan fingerprint density at radius 1 is 1.30 bits per heavy atom. The molecular weight excluding hydrogens is 264 g/mol. The smallest absolute Gasteiger partial charge is 0.0948 e. The molecule has 1 aromatic heterocycles. The van der Waals surface area contributed by atoms with Gasteiger partial charge in [0.1, 0.15) is 0 Å². The summed E-state index contributed by atoms with van der Waals surface area (Å²) in [5, 5.41) is 7.10. The summed E-state index contributed by atoms with van der Waals surface area (Å²) in [6.45, 7) is 3.48. The fourth-order valence-electron chi connectivity index (χ4n) is 2.98. The second-order valence-electron chi connectivity index (χ2n) is 5.65. The first-order valence-corrected chi connectivity index (χ1v) is 8.46. The Morgan fingerprint density at radius 2 is 2.15 bits per heavy atom. The van der Waals surface area contributed by atoms with Crippen LogP contribution in [0.3, 0.4) is 0 Å². The van der Waals surface area contributed by atoms with E-state index in [9.17, 15) is 0 Å². The largest absolute Gasteiger partial charge is 0.314 e. The van der Waals surface area contributed by atoms with Gasteiger partial charge in [-0.3, -0.25) is 0 Å². The van der Waals surface area contributed by atoms with E-state index in [1.165, 1.54) is 36.4 Å². The zero-order valence-corrected chi connectivity index (χ0v) is 12.8. The molecule has 1 aliphatic heterocycles. The lowest BCUT2D eigenvalue weighted by molar-refractivity contribution is 0.294. The first-order valence-electron chi connectivity index (χ1n) is 7.58. The van der Waals surface area contributed by atoms with Gasteiger partial charge in [0.05, 0.1) is 10.7 Å². The highest BCUT2D eigenvalue weighted by Gasteiger charge is 2.21. The number of rotatable bonds is 4. The summed E-state index contributed by atoms with van der Waals surface area (Å²) in [6.07, 6.45) is 5.02. The van der Waals surface area contributed by atoms with Gasteiger partial charge in [0.2, 0.25) is 0 Å². The first-order chi connectivity index (χ1) is 9.85. The van der Waals surface area contributed by atoms with E-state index >= 15 is 0 Å². The zero-order chi connectivity index (χ0) is 13.8. The van der Waals surface area contributed by atoms with Crippen LogP contribution in [0, 0.1) is 5.92 Å². The molecule has 1 aliphatic rings. The van der Waals surface area contributed by atoms with Gasteiger partial charge in [-0.1, -0.05) is 43.7 Å². The van der Waals surface area contributed by atoms with Crippen molar-refractivity contribution in [3.05, 3.63) is 40.7 Å². The number of hydrogen-bond donors (Lipinski definition) is 1. The lowest BCUT2D eigenvalue weighted by Gasteiger charge is -2.29. The SMILES string of the molecule is CCC1CCNC(Cc2nc(-c3ccccc3)cs2)C1. The van der Waals surface area contributed by atoms with Crippen LogP contribution in [0.25, 0.3) is 11.3 Å². The van der Waals surface area contributed by atoms with Crippen molar-refractivity contribution in [1.82, 2.24) is 10.3 Å². The molecule has 1 aromatic carbocycles. The average molecular weight is 286 g/mol. The predicted octanol–water partition coefficient (Wildman–Crippen LogP) is 4.13. The van der Waals surface area contributed by atoms with E-state index in [0.29, 0.717) is 6.04 Å². The maximum Gasteiger partial charge on any atom is 0.0948 e. The summed E-state index contributed by atoms with van der Waals surface area (Å²) in [7, 11) is 0. The monoisotopic (exact) mass is 286 g/mol. The maximum absolute atomic E-state index is 4.80. The third-order valence-electron chi connectivity index (χ3n) is 4.22. The minimum Gasteiger partial charge on any atom is -0.314 e. The van der Waals surface area contributed by atoms with E-state index in [1.807, 2.05) is 6.07 Å². The molecule has 3 heteroatoms. The molecule has 2 atom stereocenters. The van der Waals surface area contributed by atoms with E-state index in [0.717, 1.165) is 18.0 Å². The van der Waals surface area contributed by atoms with Crippen LogP contribution in [0.2, 0.25) is 0 Å². The van der Waals surface area contributed by atoms with Crippen LogP contribution in [-0.2, 0) is 6.42 Å². The van der Waals surface area contributed by atoms with E-state index in [1.54, 1.807) is 11.3 Å². The minimum absolute atomic E-state index is 0.614. The van der Waals surface area contributed by atoms with E-state index in [2.05, 4.69) is 41.9 Å². The van der Waals surface area contributed by atoms with Gasteiger partial charge in [0, 0.05) is 23.4 Å². The fraction of sp³-hybridized carbons (Fsp3) is 0.471. The molecule has 2 aromatic rings. The van der Waals surface area contributed by atoms with E-state index in [-0.39, 0.29) is 0 Å². The molecule has 2 unspecified atom stereocenters. The summed E-state index contributed by atoms with van der Waals surface area (Å²) in [4.78, 5) is 4.80. The normalized spacial score (nSPS) is 22.9. The molecule has 0 aliphatic carbocycles. The Hall–Kier alpha value is -1.19. The van der Waals surface area contributed by atoms with E-state index < -0.39 is 0 Å². The van der Waals surface area contributed by atoms with Crippen molar-refractivity contribution in [3.63, 3.8) is 0 Å². The molecule has 0 bridgehead atoms. The van der Waals surface area contributed by atoms with Gasteiger partial charge < -0.3 is 5.32 Å². The van der Waals surface area contributed by atoms with Crippen molar-refractivity contribution in [2.45, 2.75) is 38.6 Å². The molecule has 1 saturated heterocycles. The third kappa shape index (κ3) is 3.28. The van der Waals surface area contributed by atoms with Gasteiger partial charge in [0.25, 0.3) is 0 Å². The highest BCUT2D eigenvalue weighted by atomic mass is 32.1. The molecule has 0 spiro atoms. The first kappa shape index (κ1) is 13.8. The number of hydrogen-bond acceptors (Lipinski definition) is 3. The molecule has 0 radical (unpaired) electrons. The third-order valence-corrected chi connectivity index (χ3v) is 5.09. The van der Waals surface area contributed by atoms with Crippen molar-refractivity contribution < 1.29 is 0 Å². The zero-order valence-electron chi connectivity index (χ0n) is 12.0. The Morgan fingerprint density at radius 3 is 2.95 bits per heavy atom. The number of thiazole rings is 1. The highest BCUT2D eigenvalue weighted by Crippen LogP contribution is 2.25. The molecule has 3 rings (SSSR count). The predicted molar refractivity (Wildman–Crippen MR) is 86.1 cm³/mol. The highest BCUT2D eigenvalue weighted by molar-refractivity contribution is 7.09. The van der Waals surface area contributed by atoms with Crippen LogP contribution in [0.4, 0.5) is 0 Å². The molecule has 2 nitrogen and oxygen atoms in total. The topological polar surface area (TPSA) is 24.9 Å². The maximum atomic E-state index is 4.80. The van der Waals surface area contributed by atoms with Crippen molar-refractivity contribution >= 4 is 11.3 Å². The Balaban J connectivity index is 1.65. The summed E-state index contributed by atoms with van der Waals surface area (Å²) in [6, 6.07) is 11.1. The van der Waals surface area contributed by atoms with Gasteiger partial charge in [-0.25, -0.2) is 4.98 Å². The Kier molecular flexibility index (Phi) is 4.48.